The smallest absolute Gasteiger partial charge is 0.240 e. The molecule has 0 bridgehead atoms. The van der Waals surface area contributed by atoms with Gasteiger partial charge in [-0.25, -0.2) is 18.1 Å². The summed E-state index contributed by atoms with van der Waals surface area (Å²) < 4.78 is 32.3. The van der Waals surface area contributed by atoms with E-state index in [1.165, 1.54) is 12.8 Å². The van der Waals surface area contributed by atoms with Gasteiger partial charge < -0.3 is 15.0 Å². The first kappa shape index (κ1) is 23.6. The standard InChI is InChI=1S/C21H36N4O3S/c1-5-22-21(25-11-9-19(16-25)13-17(2)3)23-15-18-7-6-8-20(14-18)29(26,27)24-10-12-28-4/h6-8,14,17,19,24H,5,9-13,15-16H2,1-4H3,(H,22,23). The Kier molecular flexibility index (Phi) is 9.39. The van der Waals surface area contributed by atoms with E-state index < -0.39 is 10.0 Å². The van der Waals surface area contributed by atoms with Gasteiger partial charge in [-0.2, -0.15) is 0 Å². The lowest BCUT2D eigenvalue weighted by atomic mass is 9.97. The number of nitrogens with one attached hydrogen (secondary N) is 2. The zero-order valence-electron chi connectivity index (χ0n) is 18.1. The lowest BCUT2D eigenvalue weighted by molar-refractivity contribution is 0.204. The van der Waals surface area contributed by atoms with Gasteiger partial charge in [0.2, 0.25) is 10.0 Å². The molecule has 1 aliphatic heterocycles. The van der Waals surface area contributed by atoms with Crippen molar-refractivity contribution in [2.45, 2.75) is 45.1 Å². The zero-order valence-corrected chi connectivity index (χ0v) is 19.0. The fraction of sp³-hybridized carbons (Fsp3) is 0.667. The van der Waals surface area contributed by atoms with Gasteiger partial charge in [0.15, 0.2) is 5.96 Å². The molecule has 0 aliphatic carbocycles. The number of methoxy groups -OCH3 is 1. The SMILES string of the molecule is CCNC(=NCc1cccc(S(=O)(=O)NCCOC)c1)N1CCC(CC(C)C)C1. The number of rotatable bonds is 10. The first-order valence-electron chi connectivity index (χ1n) is 10.5. The number of guanidine groups is 1. The molecule has 1 aliphatic rings. The van der Waals surface area contributed by atoms with Crippen LogP contribution in [0.1, 0.15) is 39.2 Å². The van der Waals surface area contributed by atoms with E-state index >= 15 is 0 Å². The number of aliphatic imine (C=N–C) groups is 1. The number of likely N-dealkylation sites (tertiary alicyclic amines) is 1. The number of ether oxygens (including phenoxy) is 1. The van der Waals surface area contributed by atoms with Gasteiger partial charge in [0.05, 0.1) is 18.0 Å². The maximum Gasteiger partial charge on any atom is 0.240 e. The van der Waals surface area contributed by atoms with E-state index in [0.29, 0.717) is 25.0 Å². The van der Waals surface area contributed by atoms with Crippen LogP contribution in [0.5, 0.6) is 0 Å². The van der Waals surface area contributed by atoms with Crippen molar-refractivity contribution >= 4 is 16.0 Å². The summed E-state index contributed by atoms with van der Waals surface area (Å²) in [7, 11) is -2.00. The van der Waals surface area contributed by atoms with Crippen LogP contribution in [0.15, 0.2) is 34.2 Å². The average molecular weight is 425 g/mol. The van der Waals surface area contributed by atoms with Gasteiger partial charge in [-0.1, -0.05) is 26.0 Å². The van der Waals surface area contributed by atoms with Crippen molar-refractivity contribution in [2.24, 2.45) is 16.8 Å². The molecular formula is C21H36N4O3S. The highest BCUT2D eigenvalue weighted by molar-refractivity contribution is 7.89. The van der Waals surface area contributed by atoms with Gasteiger partial charge in [0.25, 0.3) is 0 Å². The Bertz CT molecular complexity index is 765. The van der Waals surface area contributed by atoms with Crippen LogP contribution in [0, 0.1) is 11.8 Å². The van der Waals surface area contributed by atoms with Crippen molar-refractivity contribution in [2.75, 3.05) is 39.9 Å². The highest BCUT2D eigenvalue weighted by Gasteiger charge is 2.25. The van der Waals surface area contributed by atoms with Crippen molar-refractivity contribution in [3.8, 4) is 0 Å². The summed E-state index contributed by atoms with van der Waals surface area (Å²) in [5, 5.41) is 3.38. The zero-order chi connectivity index (χ0) is 21.3. The summed E-state index contributed by atoms with van der Waals surface area (Å²) in [5.74, 6) is 2.33. The second-order valence-corrected chi connectivity index (χ2v) is 9.71. The quantitative estimate of drug-likeness (QED) is 0.342. The van der Waals surface area contributed by atoms with Crippen LogP contribution >= 0.6 is 0 Å². The molecule has 1 saturated heterocycles. The van der Waals surface area contributed by atoms with E-state index in [-0.39, 0.29) is 11.4 Å². The summed E-state index contributed by atoms with van der Waals surface area (Å²) in [5.41, 5.74) is 0.868. The molecule has 1 unspecified atom stereocenters. The Morgan fingerprint density at radius 3 is 2.86 bits per heavy atom. The molecule has 29 heavy (non-hydrogen) atoms. The number of hydrogen-bond acceptors (Lipinski definition) is 4. The molecule has 0 saturated carbocycles. The summed E-state index contributed by atoms with van der Waals surface area (Å²) in [6.07, 6.45) is 2.44. The molecule has 2 N–H and O–H groups in total. The van der Waals surface area contributed by atoms with Crippen LogP contribution in [-0.2, 0) is 21.3 Å². The van der Waals surface area contributed by atoms with Crippen LogP contribution in [0.2, 0.25) is 0 Å². The van der Waals surface area contributed by atoms with E-state index in [0.717, 1.165) is 31.2 Å². The summed E-state index contributed by atoms with van der Waals surface area (Å²) in [6, 6.07) is 6.96. The van der Waals surface area contributed by atoms with Crippen molar-refractivity contribution in [3.63, 3.8) is 0 Å². The minimum atomic E-state index is -3.54. The molecule has 1 aromatic rings. The molecule has 1 heterocycles. The van der Waals surface area contributed by atoms with Gasteiger partial charge >= 0.3 is 0 Å². The Hall–Kier alpha value is -1.64. The first-order chi connectivity index (χ1) is 13.9. The van der Waals surface area contributed by atoms with Gasteiger partial charge in [-0.05, 0) is 49.3 Å². The van der Waals surface area contributed by atoms with Gasteiger partial charge in [-0.15, -0.1) is 0 Å². The molecule has 1 atom stereocenters. The molecule has 7 nitrogen and oxygen atoms in total. The van der Waals surface area contributed by atoms with Crippen LogP contribution < -0.4 is 10.0 Å². The van der Waals surface area contributed by atoms with Crippen LogP contribution in [0.4, 0.5) is 0 Å². The molecule has 164 valence electrons. The van der Waals surface area contributed by atoms with Gasteiger partial charge in [0, 0.05) is 33.3 Å². The Balaban J connectivity index is 2.06. The minimum absolute atomic E-state index is 0.248. The van der Waals surface area contributed by atoms with Gasteiger partial charge in [0.1, 0.15) is 0 Å². The monoisotopic (exact) mass is 424 g/mol. The molecular weight excluding hydrogens is 388 g/mol. The van der Waals surface area contributed by atoms with Crippen LogP contribution in [0.3, 0.4) is 0 Å². The summed E-state index contributed by atoms with van der Waals surface area (Å²) >= 11 is 0. The Morgan fingerprint density at radius 1 is 1.38 bits per heavy atom. The van der Waals surface area contributed by atoms with Crippen LogP contribution in [0.25, 0.3) is 0 Å². The molecule has 1 fully saturated rings. The normalized spacial score (nSPS) is 17.9. The highest BCUT2D eigenvalue weighted by Crippen LogP contribution is 2.23. The molecule has 2 rings (SSSR count). The molecule has 0 spiro atoms. The molecule has 0 aromatic heterocycles. The average Bonchev–Trinajstić information content (AvgIpc) is 3.13. The second-order valence-electron chi connectivity index (χ2n) is 7.94. The second kappa shape index (κ2) is 11.5. The summed E-state index contributed by atoms with van der Waals surface area (Å²) in [4.78, 5) is 7.35. The third kappa shape index (κ3) is 7.60. The Morgan fingerprint density at radius 2 is 2.17 bits per heavy atom. The van der Waals surface area contributed by atoms with Gasteiger partial charge in [-0.3, -0.25) is 0 Å². The number of hydrogen-bond donors (Lipinski definition) is 2. The topological polar surface area (TPSA) is 83.0 Å². The number of nitrogens with zero attached hydrogens (tertiary/aromatic N) is 2. The van der Waals surface area contributed by atoms with E-state index in [9.17, 15) is 8.42 Å². The van der Waals surface area contributed by atoms with Crippen molar-refractivity contribution in [3.05, 3.63) is 29.8 Å². The Labute approximate surface area is 176 Å². The summed E-state index contributed by atoms with van der Waals surface area (Å²) in [6.45, 7) is 10.5. The first-order valence-corrected chi connectivity index (χ1v) is 11.9. The fourth-order valence-corrected chi connectivity index (χ4v) is 4.73. The molecule has 8 heteroatoms. The third-order valence-electron chi connectivity index (χ3n) is 4.94. The largest absolute Gasteiger partial charge is 0.383 e. The van der Waals surface area contributed by atoms with E-state index in [1.807, 2.05) is 6.07 Å². The number of benzene rings is 1. The van der Waals surface area contributed by atoms with E-state index in [2.05, 4.69) is 35.7 Å². The highest BCUT2D eigenvalue weighted by atomic mass is 32.2. The lowest BCUT2D eigenvalue weighted by Crippen LogP contribution is -2.40. The van der Waals surface area contributed by atoms with E-state index in [4.69, 9.17) is 9.73 Å². The third-order valence-corrected chi connectivity index (χ3v) is 6.40. The maximum atomic E-state index is 12.4. The lowest BCUT2D eigenvalue weighted by Gasteiger charge is -2.22. The van der Waals surface area contributed by atoms with Crippen molar-refractivity contribution in [1.29, 1.82) is 0 Å². The number of sulfonamides is 1. The van der Waals surface area contributed by atoms with Crippen LogP contribution in [-0.4, -0.2) is 59.2 Å². The van der Waals surface area contributed by atoms with E-state index in [1.54, 1.807) is 25.3 Å². The van der Waals surface area contributed by atoms with Crippen molar-refractivity contribution < 1.29 is 13.2 Å². The molecule has 0 amide bonds. The maximum absolute atomic E-state index is 12.4. The predicted octanol–water partition coefficient (Wildman–Crippen LogP) is 2.44. The minimum Gasteiger partial charge on any atom is -0.383 e. The van der Waals surface area contributed by atoms with Crippen molar-refractivity contribution in [1.82, 2.24) is 14.9 Å². The molecule has 1 aromatic carbocycles. The molecule has 0 radical (unpaired) electrons. The predicted molar refractivity (Wildman–Crippen MR) is 117 cm³/mol. The fourth-order valence-electron chi connectivity index (χ4n) is 3.65.